The largest absolute Gasteiger partial charge is 0.343 e. The second-order valence-electron chi connectivity index (χ2n) is 7.50. The second-order valence-corrected chi connectivity index (χ2v) is 7.50. The topological polar surface area (TPSA) is 51.0 Å². The number of hydrogen-bond acceptors (Lipinski definition) is 3. The normalized spacial score (nSPS) is 15.8. The van der Waals surface area contributed by atoms with E-state index in [4.69, 9.17) is 0 Å². The van der Waals surface area contributed by atoms with Crippen LogP contribution in [0.25, 0.3) is 11.4 Å². The van der Waals surface area contributed by atoms with Gasteiger partial charge in [0.25, 0.3) is 0 Å². The standard InChI is InChI=1S/C20H28N4O/c1-15(2)11-19(25)23-9-6-17(7-10-23)14-24-16(3)12-22-20(24)18-5-4-8-21-13-18/h4-5,8,12-13,15,17H,6-7,9-11,14H2,1-3H3. The number of imidazole rings is 1. The highest BCUT2D eigenvalue weighted by Crippen LogP contribution is 2.25. The number of aryl methyl sites for hydroxylation is 1. The fourth-order valence-electron chi connectivity index (χ4n) is 3.52. The van der Waals surface area contributed by atoms with Crippen LogP contribution in [0.15, 0.2) is 30.7 Å². The van der Waals surface area contributed by atoms with E-state index in [1.54, 1.807) is 6.20 Å². The lowest BCUT2D eigenvalue weighted by Crippen LogP contribution is -2.39. The van der Waals surface area contributed by atoms with Crippen LogP contribution in [-0.2, 0) is 11.3 Å². The molecule has 0 unspecified atom stereocenters. The van der Waals surface area contributed by atoms with E-state index in [1.165, 1.54) is 5.69 Å². The zero-order valence-electron chi connectivity index (χ0n) is 15.5. The Hall–Kier alpha value is -2.17. The number of likely N-dealkylation sites (tertiary alicyclic amines) is 1. The first kappa shape index (κ1) is 17.6. The summed E-state index contributed by atoms with van der Waals surface area (Å²) in [4.78, 5) is 23.1. The number of carbonyl (C=O) groups is 1. The fourth-order valence-corrected chi connectivity index (χ4v) is 3.52. The molecule has 0 bridgehead atoms. The van der Waals surface area contributed by atoms with Crippen LogP contribution in [0.5, 0.6) is 0 Å². The summed E-state index contributed by atoms with van der Waals surface area (Å²) in [5.41, 5.74) is 2.23. The summed E-state index contributed by atoms with van der Waals surface area (Å²) in [5.74, 6) is 2.32. The number of hydrogen-bond donors (Lipinski definition) is 0. The van der Waals surface area contributed by atoms with Gasteiger partial charge in [0.05, 0.1) is 0 Å². The van der Waals surface area contributed by atoms with Gasteiger partial charge in [0.1, 0.15) is 5.82 Å². The van der Waals surface area contributed by atoms with Gasteiger partial charge in [0.15, 0.2) is 0 Å². The Kier molecular flexibility index (Phi) is 5.51. The summed E-state index contributed by atoms with van der Waals surface area (Å²) in [7, 11) is 0. The van der Waals surface area contributed by atoms with Crippen LogP contribution in [0.4, 0.5) is 0 Å². The van der Waals surface area contributed by atoms with Crippen LogP contribution in [0.2, 0.25) is 0 Å². The summed E-state index contributed by atoms with van der Waals surface area (Å²) < 4.78 is 2.30. The first-order valence-electron chi connectivity index (χ1n) is 9.25. The number of aromatic nitrogens is 3. The van der Waals surface area contributed by atoms with Crippen molar-refractivity contribution in [1.29, 1.82) is 0 Å². The quantitative estimate of drug-likeness (QED) is 0.836. The third kappa shape index (κ3) is 4.27. The highest BCUT2D eigenvalue weighted by atomic mass is 16.2. The van der Waals surface area contributed by atoms with E-state index in [2.05, 4.69) is 41.4 Å². The molecule has 1 amide bonds. The van der Waals surface area contributed by atoms with Crippen molar-refractivity contribution in [3.8, 4) is 11.4 Å². The summed E-state index contributed by atoms with van der Waals surface area (Å²) in [6.07, 6.45) is 8.38. The minimum atomic E-state index is 0.309. The molecule has 134 valence electrons. The Labute approximate surface area is 150 Å². The molecule has 1 aliphatic rings. The Balaban J connectivity index is 1.63. The Morgan fingerprint density at radius 3 is 2.68 bits per heavy atom. The van der Waals surface area contributed by atoms with Crippen molar-refractivity contribution in [2.24, 2.45) is 11.8 Å². The minimum absolute atomic E-state index is 0.309. The van der Waals surface area contributed by atoms with Crippen LogP contribution in [0.1, 0.15) is 38.8 Å². The van der Waals surface area contributed by atoms with Crippen molar-refractivity contribution in [2.75, 3.05) is 13.1 Å². The van der Waals surface area contributed by atoms with E-state index in [-0.39, 0.29) is 0 Å². The SMILES string of the molecule is Cc1cnc(-c2cccnc2)n1CC1CCN(C(=O)CC(C)C)CC1. The van der Waals surface area contributed by atoms with Crippen molar-refractivity contribution < 1.29 is 4.79 Å². The van der Waals surface area contributed by atoms with Gasteiger partial charge in [-0.3, -0.25) is 9.78 Å². The molecular weight excluding hydrogens is 312 g/mol. The maximum absolute atomic E-state index is 12.2. The molecule has 2 aromatic heterocycles. The number of pyridine rings is 1. The van der Waals surface area contributed by atoms with Gasteiger partial charge >= 0.3 is 0 Å². The molecule has 5 nitrogen and oxygen atoms in total. The predicted molar refractivity (Wildman–Crippen MR) is 99.0 cm³/mol. The third-order valence-corrected chi connectivity index (χ3v) is 4.97. The van der Waals surface area contributed by atoms with Crippen LogP contribution >= 0.6 is 0 Å². The van der Waals surface area contributed by atoms with Crippen molar-refractivity contribution in [3.05, 3.63) is 36.4 Å². The van der Waals surface area contributed by atoms with Gasteiger partial charge < -0.3 is 9.47 Å². The summed E-state index contributed by atoms with van der Waals surface area (Å²) in [5, 5.41) is 0. The maximum Gasteiger partial charge on any atom is 0.222 e. The molecule has 1 fully saturated rings. The van der Waals surface area contributed by atoms with Crippen LogP contribution in [0, 0.1) is 18.8 Å². The summed E-state index contributed by atoms with van der Waals surface area (Å²) in [6, 6.07) is 4.00. The van der Waals surface area contributed by atoms with E-state index in [9.17, 15) is 4.79 Å². The molecule has 25 heavy (non-hydrogen) atoms. The fraction of sp³-hybridized carbons (Fsp3) is 0.550. The Morgan fingerprint density at radius 2 is 2.04 bits per heavy atom. The van der Waals surface area contributed by atoms with Crippen LogP contribution in [-0.4, -0.2) is 38.4 Å². The van der Waals surface area contributed by atoms with E-state index in [0.717, 1.165) is 43.9 Å². The minimum Gasteiger partial charge on any atom is -0.343 e. The molecule has 0 N–H and O–H groups in total. The number of nitrogens with zero attached hydrogens (tertiary/aromatic N) is 4. The molecule has 0 aromatic carbocycles. The van der Waals surface area contributed by atoms with E-state index < -0.39 is 0 Å². The van der Waals surface area contributed by atoms with Gasteiger partial charge in [-0.25, -0.2) is 4.98 Å². The smallest absolute Gasteiger partial charge is 0.222 e. The summed E-state index contributed by atoms with van der Waals surface area (Å²) >= 11 is 0. The van der Waals surface area contributed by atoms with Gasteiger partial charge in [-0.2, -0.15) is 0 Å². The van der Waals surface area contributed by atoms with E-state index in [0.29, 0.717) is 24.2 Å². The van der Waals surface area contributed by atoms with Gasteiger partial charge in [0, 0.05) is 55.9 Å². The van der Waals surface area contributed by atoms with Gasteiger partial charge in [-0.1, -0.05) is 13.8 Å². The molecule has 2 aromatic rings. The molecule has 0 aliphatic carbocycles. The molecule has 3 heterocycles. The lowest BCUT2D eigenvalue weighted by atomic mass is 9.95. The molecule has 0 saturated carbocycles. The van der Waals surface area contributed by atoms with E-state index in [1.807, 2.05) is 23.4 Å². The number of carbonyl (C=O) groups excluding carboxylic acids is 1. The molecule has 3 rings (SSSR count). The van der Waals surface area contributed by atoms with Crippen molar-refractivity contribution >= 4 is 5.91 Å². The summed E-state index contributed by atoms with van der Waals surface area (Å²) in [6.45, 7) is 9.04. The maximum atomic E-state index is 12.2. The zero-order chi connectivity index (χ0) is 17.8. The highest BCUT2D eigenvalue weighted by molar-refractivity contribution is 5.76. The molecular formula is C20H28N4O. The van der Waals surface area contributed by atoms with Gasteiger partial charge in [-0.15, -0.1) is 0 Å². The third-order valence-electron chi connectivity index (χ3n) is 4.97. The molecule has 5 heteroatoms. The molecule has 1 saturated heterocycles. The first-order chi connectivity index (χ1) is 12.0. The Morgan fingerprint density at radius 1 is 1.28 bits per heavy atom. The van der Waals surface area contributed by atoms with Crippen molar-refractivity contribution in [2.45, 2.75) is 46.6 Å². The predicted octanol–water partition coefficient (Wildman–Crippen LogP) is 3.54. The van der Waals surface area contributed by atoms with Crippen molar-refractivity contribution in [1.82, 2.24) is 19.4 Å². The molecule has 1 aliphatic heterocycles. The van der Waals surface area contributed by atoms with Gasteiger partial charge in [-0.05, 0) is 43.7 Å². The average Bonchev–Trinajstić information content (AvgIpc) is 2.96. The monoisotopic (exact) mass is 340 g/mol. The molecule has 0 radical (unpaired) electrons. The lowest BCUT2D eigenvalue weighted by Gasteiger charge is -2.33. The van der Waals surface area contributed by atoms with Crippen molar-refractivity contribution in [3.63, 3.8) is 0 Å². The zero-order valence-corrected chi connectivity index (χ0v) is 15.5. The van der Waals surface area contributed by atoms with E-state index >= 15 is 0 Å². The molecule has 0 atom stereocenters. The number of amides is 1. The number of rotatable bonds is 5. The Bertz CT molecular complexity index is 700. The first-order valence-corrected chi connectivity index (χ1v) is 9.25. The number of piperidine rings is 1. The molecule has 0 spiro atoms. The lowest BCUT2D eigenvalue weighted by molar-refractivity contribution is -0.133. The second kappa shape index (κ2) is 7.81. The highest BCUT2D eigenvalue weighted by Gasteiger charge is 2.24. The average molecular weight is 340 g/mol. The van der Waals surface area contributed by atoms with Crippen LogP contribution < -0.4 is 0 Å². The van der Waals surface area contributed by atoms with Crippen LogP contribution in [0.3, 0.4) is 0 Å². The van der Waals surface area contributed by atoms with Gasteiger partial charge in [0.2, 0.25) is 5.91 Å².